The maximum atomic E-state index is 4.95. The van der Waals surface area contributed by atoms with Crippen LogP contribution in [0.25, 0.3) is 0 Å². The highest BCUT2D eigenvalue weighted by molar-refractivity contribution is 4.52. The van der Waals surface area contributed by atoms with Gasteiger partial charge in [-0.1, -0.05) is 26.8 Å². The van der Waals surface area contributed by atoms with E-state index in [-0.39, 0.29) is 0 Å². The number of ether oxygens (including phenoxy) is 1. The molecule has 0 saturated carbocycles. The second-order valence-corrected chi connectivity index (χ2v) is 2.01. The zero-order valence-electron chi connectivity index (χ0n) is 5.68. The van der Waals surface area contributed by atoms with Gasteiger partial charge in [-0.05, 0) is 5.92 Å². The molecule has 1 atom stereocenters. The molecule has 0 radical (unpaired) electrons. The summed E-state index contributed by atoms with van der Waals surface area (Å²) in [4.78, 5) is 0. The van der Waals surface area contributed by atoms with E-state index in [9.17, 15) is 0 Å². The van der Waals surface area contributed by atoms with E-state index in [1.807, 2.05) is 0 Å². The summed E-state index contributed by atoms with van der Waals surface area (Å²) in [5, 5.41) is 0. The van der Waals surface area contributed by atoms with Gasteiger partial charge in [-0.2, -0.15) is 0 Å². The SMILES string of the molecule is C=COC[C@H](C)CC. The van der Waals surface area contributed by atoms with E-state index in [0.29, 0.717) is 5.92 Å². The van der Waals surface area contributed by atoms with Gasteiger partial charge in [0.1, 0.15) is 0 Å². The van der Waals surface area contributed by atoms with E-state index < -0.39 is 0 Å². The highest BCUT2D eigenvalue weighted by Gasteiger charge is 1.94. The van der Waals surface area contributed by atoms with Crippen molar-refractivity contribution in [3.8, 4) is 0 Å². The average Bonchev–Trinajstić information content (AvgIpc) is 1.83. The predicted molar refractivity (Wildman–Crippen MR) is 35.6 cm³/mol. The number of hydrogen-bond acceptors (Lipinski definition) is 1. The minimum atomic E-state index is 0.660. The summed E-state index contributed by atoms with van der Waals surface area (Å²) in [6.07, 6.45) is 2.67. The van der Waals surface area contributed by atoms with Gasteiger partial charge in [-0.15, -0.1) is 0 Å². The lowest BCUT2D eigenvalue weighted by molar-refractivity contribution is 0.201. The molecule has 0 aromatic heterocycles. The van der Waals surface area contributed by atoms with Gasteiger partial charge < -0.3 is 4.74 Å². The molecule has 8 heavy (non-hydrogen) atoms. The van der Waals surface area contributed by atoms with Crippen molar-refractivity contribution in [3.05, 3.63) is 12.8 Å². The molecular formula is C7H14O. The normalized spacial score (nSPS) is 12.8. The van der Waals surface area contributed by atoms with Crippen LogP contribution in [0.5, 0.6) is 0 Å². The number of rotatable bonds is 4. The van der Waals surface area contributed by atoms with Gasteiger partial charge >= 0.3 is 0 Å². The van der Waals surface area contributed by atoms with Crippen molar-refractivity contribution in [3.63, 3.8) is 0 Å². The zero-order valence-corrected chi connectivity index (χ0v) is 5.68. The molecule has 0 aliphatic carbocycles. The quantitative estimate of drug-likeness (QED) is 0.509. The summed E-state index contributed by atoms with van der Waals surface area (Å²) in [5.41, 5.74) is 0. The lowest BCUT2D eigenvalue weighted by Crippen LogP contribution is -1.99. The molecule has 1 nitrogen and oxygen atoms in total. The second-order valence-electron chi connectivity index (χ2n) is 2.01. The fraction of sp³-hybridized carbons (Fsp3) is 0.714. The van der Waals surface area contributed by atoms with Crippen LogP contribution in [-0.4, -0.2) is 6.61 Å². The van der Waals surface area contributed by atoms with Crippen molar-refractivity contribution in [1.82, 2.24) is 0 Å². The molecule has 0 aliphatic rings. The Labute approximate surface area is 51.4 Å². The van der Waals surface area contributed by atoms with Gasteiger partial charge in [0.2, 0.25) is 0 Å². The Balaban J connectivity index is 2.97. The Morgan fingerprint density at radius 2 is 2.38 bits per heavy atom. The van der Waals surface area contributed by atoms with Crippen molar-refractivity contribution < 1.29 is 4.74 Å². The van der Waals surface area contributed by atoms with Crippen LogP contribution >= 0.6 is 0 Å². The summed E-state index contributed by atoms with van der Waals surface area (Å²) < 4.78 is 4.95. The summed E-state index contributed by atoms with van der Waals surface area (Å²) in [6.45, 7) is 8.56. The first kappa shape index (κ1) is 7.54. The van der Waals surface area contributed by atoms with Crippen LogP contribution in [0.3, 0.4) is 0 Å². The smallest absolute Gasteiger partial charge is 0.0898 e. The molecule has 0 N–H and O–H groups in total. The van der Waals surface area contributed by atoms with E-state index in [1.165, 1.54) is 12.7 Å². The van der Waals surface area contributed by atoms with Crippen LogP contribution < -0.4 is 0 Å². The van der Waals surface area contributed by atoms with Crippen LogP contribution in [0.2, 0.25) is 0 Å². The topological polar surface area (TPSA) is 9.23 Å². The molecule has 0 amide bonds. The van der Waals surface area contributed by atoms with Gasteiger partial charge in [0.05, 0.1) is 12.9 Å². The first-order valence-electron chi connectivity index (χ1n) is 3.03. The predicted octanol–water partition coefficient (Wildman–Crippen LogP) is 2.19. The Kier molecular flexibility index (Phi) is 4.42. The van der Waals surface area contributed by atoms with Crippen LogP contribution in [0, 0.1) is 5.92 Å². The molecule has 0 rings (SSSR count). The van der Waals surface area contributed by atoms with Crippen molar-refractivity contribution in [2.24, 2.45) is 5.92 Å². The van der Waals surface area contributed by atoms with Crippen molar-refractivity contribution in [2.75, 3.05) is 6.61 Å². The first-order chi connectivity index (χ1) is 3.81. The molecule has 0 aromatic rings. The van der Waals surface area contributed by atoms with Crippen LogP contribution in [0.4, 0.5) is 0 Å². The Hall–Kier alpha value is -0.460. The summed E-state index contributed by atoms with van der Waals surface area (Å²) in [6, 6.07) is 0. The minimum absolute atomic E-state index is 0.660. The van der Waals surface area contributed by atoms with Gasteiger partial charge in [0.25, 0.3) is 0 Å². The molecule has 48 valence electrons. The van der Waals surface area contributed by atoms with E-state index in [4.69, 9.17) is 4.74 Å². The molecule has 1 heteroatoms. The first-order valence-corrected chi connectivity index (χ1v) is 3.03. The standard InChI is InChI=1S/C7H14O/c1-4-7(3)6-8-5-2/h5,7H,2,4,6H2,1,3H3/t7-/m1/s1. The lowest BCUT2D eigenvalue weighted by Gasteiger charge is -2.05. The monoisotopic (exact) mass is 114 g/mol. The molecule has 0 aromatic carbocycles. The summed E-state index contributed by atoms with van der Waals surface area (Å²) >= 11 is 0. The van der Waals surface area contributed by atoms with Crippen molar-refractivity contribution in [2.45, 2.75) is 20.3 Å². The third-order valence-electron chi connectivity index (χ3n) is 1.20. The Morgan fingerprint density at radius 1 is 1.75 bits per heavy atom. The molecule has 0 bridgehead atoms. The van der Waals surface area contributed by atoms with Gasteiger partial charge in [-0.25, -0.2) is 0 Å². The van der Waals surface area contributed by atoms with Gasteiger partial charge in [0, 0.05) is 0 Å². The van der Waals surface area contributed by atoms with Crippen molar-refractivity contribution >= 4 is 0 Å². The fourth-order valence-corrected chi connectivity index (χ4v) is 0.350. The van der Waals surface area contributed by atoms with Crippen molar-refractivity contribution in [1.29, 1.82) is 0 Å². The molecule has 0 heterocycles. The minimum Gasteiger partial charge on any atom is -0.502 e. The largest absolute Gasteiger partial charge is 0.502 e. The average molecular weight is 114 g/mol. The fourth-order valence-electron chi connectivity index (χ4n) is 0.350. The maximum absolute atomic E-state index is 4.95. The van der Waals surface area contributed by atoms with Gasteiger partial charge in [0.15, 0.2) is 0 Å². The highest BCUT2D eigenvalue weighted by atomic mass is 16.5. The lowest BCUT2D eigenvalue weighted by atomic mass is 10.1. The number of hydrogen-bond donors (Lipinski definition) is 0. The molecule has 0 fully saturated rings. The third-order valence-corrected chi connectivity index (χ3v) is 1.20. The van der Waals surface area contributed by atoms with E-state index in [0.717, 1.165) is 6.61 Å². The Morgan fingerprint density at radius 3 is 2.75 bits per heavy atom. The van der Waals surface area contributed by atoms with E-state index in [1.54, 1.807) is 0 Å². The van der Waals surface area contributed by atoms with Crippen LogP contribution in [0.15, 0.2) is 12.8 Å². The summed E-state index contributed by atoms with van der Waals surface area (Å²) in [7, 11) is 0. The van der Waals surface area contributed by atoms with E-state index >= 15 is 0 Å². The maximum Gasteiger partial charge on any atom is 0.0898 e. The van der Waals surface area contributed by atoms with Crippen LogP contribution in [-0.2, 0) is 4.74 Å². The Bertz CT molecular complexity index is 59.4. The van der Waals surface area contributed by atoms with Gasteiger partial charge in [-0.3, -0.25) is 0 Å². The highest BCUT2D eigenvalue weighted by Crippen LogP contribution is 1.99. The summed E-state index contributed by atoms with van der Waals surface area (Å²) in [5.74, 6) is 0.660. The molecule has 0 aliphatic heterocycles. The van der Waals surface area contributed by atoms with Crippen LogP contribution in [0.1, 0.15) is 20.3 Å². The molecular weight excluding hydrogens is 100 g/mol. The molecule has 0 spiro atoms. The van der Waals surface area contributed by atoms with E-state index in [2.05, 4.69) is 20.4 Å². The molecule has 0 unspecified atom stereocenters. The molecule has 0 saturated heterocycles. The zero-order chi connectivity index (χ0) is 6.41. The third kappa shape index (κ3) is 3.72. The second kappa shape index (κ2) is 4.69.